The molecule has 3 nitrogen and oxygen atoms in total. The van der Waals surface area contributed by atoms with Crippen molar-refractivity contribution in [3.8, 4) is 0 Å². The van der Waals surface area contributed by atoms with Crippen LogP contribution in [0.3, 0.4) is 0 Å². The molecular weight excluding hydrogens is 197 g/mol. The molecule has 0 amide bonds. The average Bonchev–Trinajstić information content (AvgIpc) is 1.38. The van der Waals surface area contributed by atoms with Gasteiger partial charge in [0.1, 0.15) is 0 Å². The zero-order valence-corrected chi connectivity index (χ0v) is 8.68. The van der Waals surface area contributed by atoms with E-state index in [9.17, 15) is 4.53 Å². The Balaban J connectivity index is 0. The molecule has 0 radical (unpaired) electrons. The fourth-order valence-corrected chi connectivity index (χ4v) is 0. The van der Waals surface area contributed by atoms with Gasteiger partial charge in [0, 0.05) is 0 Å². The van der Waals surface area contributed by atoms with Gasteiger partial charge in [-0.15, -0.1) is 0 Å². The molecular formula is FKO3Zr. The summed E-state index contributed by atoms with van der Waals surface area (Å²) in [5.74, 6) is 0. The van der Waals surface area contributed by atoms with Crippen molar-refractivity contribution in [1.29, 1.82) is 0 Å². The first kappa shape index (κ1) is 11.0. The number of halogens is 1. The van der Waals surface area contributed by atoms with Crippen molar-refractivity contribution >= 4 is 0 Å². The normalized spacial score (nSPS) is 6.33. The molecule has 6 heteroatoms. The van der Waals surface area contributed by atoms with Crippen LogP contribution < -0.4 is 54.6 Å². The van der Waals surface area contributed by atoms with Gasteiger partial charge >= 0.3 is 87.6 Å². The maximum absolute atomic E-state index is 10.1. The van der Waals surface area contributed by atoms with E-state index in [1.807, 2.05) is 0 Å². The molecule has 0 aliphatic carbocycles. The van der Waals surface area contributed by atoms with E-state index in [-0.39, 0.29) is 51.4 Å². The van der Waals surface area contributed by atoms with Gasteiger partial charge in [-0.1, -0.05) is 0 Å². The van der Waals surface area contributed by atoms with Crippen LogP contribution in [0.25, 0.3) is 0 Å². The summed E-state index contributed by atoms with van der Waals surface area (Å²) in [5.41, 5.74) is 0. The van der Waals surface area contributed by atoms with Crippen molar-refractivity contribution in [3.05, 3.63) is 0 Å². The molecule has 0 heterocycles. The molecule has 0 aromatic heterocycles. The molecule has 0 aliphatic rings. The fraction of sp³-hybridized carbons (Fsp3) is 0. The third-order valence-electron chi connectivity index (χ3n) is 0.0630. The van der Waals surface area contributed by atoms with E-state index in [0.29, 0.717) is 0 Å². The molecule has 0 spiro atoms. The quantitative estimate of drug-likeness (QED) is 0.403. The summed E-state index contributed by atoms with van der Waals surface area (Å²) in [6, 6.07) is 0. The summed E-state index contributed by atoms with van der Waals surface area (Å²) in [4.78, 5) is 0. The van der Waals surface area contributed by atoms with Crippen molar-refractivity contribution in [1.82, 2.24) is 0 Å². The molecule has 30 valence electrons. The first-order valence-electron chi connectivity index (χ1n) is 0.767. The van der Waals surface area contributed by atoms with Crippen molar-refractivity contribution in [3.63, 3.8) is 0 Å². The zero-order valence-electron chi connectivity index (χ0n) is 3.10. The SMILES string of the molecule is [K+].[O]=[Zr]([O-])[O]F. The van der Waals surface area contributed by atoms with Gasteiger partial charge in [0.2, 0.25) is 0 Å². The first-order chi connectivity index (χ1) is 2.27. The van der Waals surface area contributed by atoms with Gasteiger partial charge in [0.25, 0.3) is 0 Å². The van der Waals surface area contributed by atoms with E-state index in [1.165, 1.54) is 0 Å². The van der Waals surface area contributed by atoms with Crippen molar-refractivity contribution in [2.45, 2.75) is 0 Å². The number of hydrogen-bond donors (Lipinski definition) is 0. The van der Waals surface area contributed by atoms with E-state index in [2.05, 4.69) is 3.02 Å². The summed E-state index contributed by atoms with van der Waals surface area (Å²) in [7, 11) is 0. The summed E-state index contributed by atoms with van der Waals surface area (Å²) < 4.78 is 30.3. The Kier molecular flexibility index (Phi) is 13.2. The Morgan fingerprint density at radius 3 is 2.00 bits per heavy atom. The van der Waals surface area contributed by atoms with E-state index in [4.69, 9.17) is 6.00 Å². The van der Waals surface area contributed by atoms with Crippen LogP contribution in [0, 0.1) is 0 Å². The van der Waals surface area contributed by atoms with E-state index in [1.54, 1.807) is 0 Å². The van der Waals surface area contributed by atoms with Crippen LogP contribution in [0.15, 0.2) is 0 Å². The first-order valence-corrected chi connectivity index (χ1v) is 3.78. The van der Waals surface area contributed by atoms with Crippen LogP contribution in [0.1, 0.15) is 0 Å². The topological polar surface area (TPSA) is 49.4 Å². The molecule has 0 bridgehead atoms. The van der Waals surface area contributed by atoms with Gasteiger partial charge in [-0.3, -0.25) is 0 Å². The minimum absolute atomic E-state index is 0. The average molecular weight is 197 g/mol. The van der Waals surface area contributed by atoms with Crippen LogP contribution in [0.2, 0.25) is 0 Å². The van der Waals surface area contributed by atoms with Gasteiger partial charge in [-0.05, 0) is 0 Å². The van der Waals surface area contributed by atoms with Gasteiger partial charge in [-0.25, -0.2) is 0 Å². The molecule has 6 heavy (non-hydrogen) atoms. The summed E-state index contributed by atoms with van der Waals surface area (Å²) in [6.07, 6.45) is 0. The van der Waals surface area contributed by atoms with Crippen LogP contribution in [-0.4, -0.2) is 0 Å². The van der Waals surface area contributed by atoms with Gasteiger partial charge in [-0.2, -0.15) is 0 Å². The zero-order chi connectivity index (χ0) is 4.28. The summed E-state index contributed by atoms with van der Waals surface area (Å²) in [6.45, 7) is 0. The van der Waals surface area contributed by atoms with Crippen LogP contribution >= 0.6 is 0 Å². The Bertz CT molecular complexity index is 46.1. The van der Waals surface area contributed by atoms with Crippen molar-refractivity contribution in [2.24, 2.45) is 0 Å². The molecule has 0 aromatic rings. The maximum atomic E-state index is 10.1. The third kappa shape index (κ3) is 9.48. The number of rotatable bonds is 1. The second kappa shape index (κ2) is 7.17. The predicted octanol–water partition coefficient (Wildman–Crippen LogP) is -3.95. The second-order valence-electron chi connectivity index (χ2n) is 0.327. The second-order valence-corrected chi connectivity index (χ2v) is 1.94. The monoisotopic (exact) mass is 196 g/mol. The Hall–Kier alpha value is 2.17. The summed E-state index contributed by atoms with van der Waals surface area (Å²) in [5, 5.41) is 0. The van der Waals surface area contributed by atoms with Crippen LogP contribution in [0.5, 0.6) is 0 Å². The molecule has 0 aromatic carbocycles. The number of hydrogen-bond acceptors (Lipinski definition) is 3. The fourth-order valence-electron chi connectivity index (χ4n) is 0. The van der Waals surface area contributed by atoms with Gasteiger partial charge in [0.05, 0.1) is 0 Å². The van der Waals surface area contributed by atoms with Gasteiger partial charge < -0.3 is 0 Å². The van der Waals surface area contributed by atoms with Gasteiger partial charge in [0.15, 0.2) is 0 Å². The molecule has 0 saturated heterocycles. The molecule has 0 atom stereocenters. The van der Waals surface area contributed by atoms with Crippen molar-refractivity contribution in [2.75, 3.05) is 0 Å². The van der Waals surface area contributed by atoms with E-state index >= 15 is 0 Å². The predicted molar refractivity (Wildman–Crippen MR) is 2.88 cm³/mol. The van der Waals surface area contributed by atoms with Crippen LogP contribution in [-0.2, 0) is 28.5 Å². The molecule has 0 saturated carbocycles. The van der Waals surface area contributed by atoms with Crippen molar-refractivity contribution < 1.29 is 87.6 Å². The Labute approximate surface area is 85.5 Å². The molecule has 0 N–H and O–H groups in total. The molecule has 0 aliphatic heterocycles. The van der Waals surface area contributed by atoms with E-state index < -0.39 is 22.6 Å². The van der Waals surface area contributed by atoms with Crippen LogP contribution in [0.4, 0.5) is 4.53 Å². The molecule has 0 rings (SSSR count). The molecule has 0 unspecified atom stereocenters. The Morgan fingerprint density at radius 2 is 2.00 bits per heavy atom. The third-order valence-corrected chi connectivity index (χ3v) is 0.373. The Morgan fingerprint density at radius 1 is 1.83 bits per heavy atom. The minimum atomic E-state index is -4.25. The summed E-state index contributed by atoms with van der Waals surface area (Å²) >= 11 is -4.25. The molecule has 0 fully saturated rings. The standard InChI is InChI=1S/FO.K.2O.Zr/c1-2;;;;/q-1;+1;;-1;+1. The van der Waals surface area contributed by atoms with E-state index in [0.717, 1.165) is 0 Å².